The molecule has 1 fully saturated rings. The molecular formula is C15H20Cl2N2O2. The normalized spacial score (nSPS) is 17.9. The van der Waals surface area contributed by atoms with E-state index in [0.717, 1.165) is 0 Å². The molecule has 0 spiro atoms. The predicted molar refractivity (Wildman–Crippen MR) is 86.1 cm³/mol. The number of likely N-dealkylation sites (tertiary alicyclic amines) is 1. The number of nitrogens with one attached hydrogen (secondary N) is 1. The van der Waals surface area contributed by atoms with Gasteiger partial charge in [-0.25, -0.2) is 4.79 Å². The third-order valence-electron chi connectivity index (χ3n) is 4.11. The summed E-state index contributed by atoms with van der Waals surface area (Å²) < 4.78 is 0. The molecule has 0 atom stereocenters. The second-order valence-corrected chi connectivity index (χ2v) is 6.71. The maximum atomic E-state index is 12.2. The van der Waals surface area contributed by atoms with Gasteiger partial charge in [0.1, 0.15) is 0 Å². The molecule has 1 heterocycles. The van der Waals surface area contributed by atoms with Gasteiger partial charge in [0, 0.05) is 28.8 Å². The minimum Gasteiger partial charge on any atom is -0.389 e. The Hall–Kier alpha value is -0.970. The zero-order chi connectivity index (χ0) is 15.6. The summed E-state index contributed by atoms with van der Waals surface area (Å²) in [5.41, 5.74) is -0.0990. The lowest BCUT2D eigenvalue weighted by Gasteiger charge is -2.40. The number of rotatable bonds is 2. The summed E-state index contributed by atoms with van der Waals surface area (Å²) in [6.07, 6.45) is 1.18. The van der Waals surface area contributed by atoms with Crippen LogP contribution in [0.4, 0.5) is 10.5 Å². The number of hydrogen-bond donors (Lipinski definition) is 2. The number of carbonyl (C=O) groups excluding carboxylic acids is 1. The highest BCUT2D eigenvalue weighted by atomic mass is 35.5. The molecule has 1 saturated heterocycles. The molecule has 1 aliphatic rings. The quantitative estimate of drug-likeness (QED) is 0.860. The lowest BCUT2D eigenvalue weighted by atomic mass is 9.82. The topological polar surface area (TPSA) is 52.6 Å². The summed E-state index contributed by atoms with van der Waals surface area (Å²) >= 11 is 11.8. The van der Waals surface area contributed by atoms with Crippen LogP contribution in [0.5, 0.6) is 0 Å². The van der Waals surface area contributed by atoms with Crippen LogP contribution in [-0.4, -0.2) is 34.7 Å². The summed E-state index contributed by atoms with van der Waals surface area (Å²) in [7, 11) is 0. The second-order valence-electron chi connectivity index (χ2n) is 5.83. The highest BCUT2D eigenvalue weighted by molar-refractivity contribution is 6.35. The van der Waals surface area contributed by atoms with E-state index in [-0.39, 0.29) is 11.9 Å². The Kier molecular flexibility index (Phi) is 5.02. The monoisotopic (exact) mass is 330 g/mol. The van der Waals surface area contributed by atoms with E-state index in [1.165, 1.54) is 0 Å². The van der Waals surface area contributed by atoms with Crippen LogP contribution in [0.3, 0.4) is 0 Å². The van der Waals surface area contributed by atoms with Crippen molar-refractivity contribution in [1.82, 2.24) is 4.90 Å². The van der Waals surface area contributed by atoms with Crippen LogP contribution >= 0.6 is 23.2 Å². The van der Waals surface area contributed by atoms with Crippen molar-refractivity contribution >= 4 is 34.9 Å². The fourth-order valence-corrected chi connectivity index (χ4v) is 3.03. The van der Waals surface area contributed by atoms with Crippen LogP contribution in [-0.2, 0) is 0 Å². The third-order valence-corrected chi connectivity index (χ3v) is 4.54. The standard InChI is InChI=1S/C15H20Cl2N2O2/c1-10(2)15(21)3-5-19(6-4-15)14(20)18-13-8-11(16)7-12(17)9-13/h7-10,21H,3-6H2,1-2H3,(H,18,20). The van der Waals surface area contributed by atoms with Gasteiger partial charge in [0.25, 0.3) is 0 Å². The Morgan fingerprint density at radius 1 is 1.24 bits per heavy atom. The van der Waals surface area contributed by atoms with Gasteiger partial charge in [-0.2, -0.15) is 0 Å². The molecule has 4 nitrogen and oxygen atoms in total. The molecule has 0 saturated carbocycles. The number of carbonyl (C=O) groups is 1. The van der Waals surface area contributed by atoms with Gasteiger partial charge in [-0.05, 0) is 37.0 Å². The van der Waals surface area contributed by atoms with E-state index in [1.54, 1.807) is 23.1 Å². The summed E-state index contributed by atoms with van der Waals surface area (Å²) in [5, 5.41) is 14.2. The van der Waals surface area contributed by atoms with Crippen molar-refractivity contribution in [1.29, 1.82) is 0 Å². The number of anilines is 1. The number of amides is 2. The van der Waals surface area contributed by atoms with Crippen LogP contribution in [0.15, 0.2) is 18.2 Å². The molecule has 1 aliphatic heterocycles. The van der Waals surface area contributed by atoms with E-state index in [9.17, 15) is 9.90 Å². The van der Waals surface area contributed by atoms with Crippen molar-refractivity contribution in [3.63, 3.8) is 0 Å². The molecule has 0 aromatic heterocycles. The highest BCUT2D eigenvalue weighted by Gasteiger charge is 2.36. The first kappa shape index (κ1) is 16.4. The Morgan fingerprint density at radius 2 is 1.76 bits per heavy atom. The summed E-state index contributed by atoms with van der Waals surface area (Å²) in [4.78, 5) is 13.9. The zero-order valence-electron chi connectivity index (χ0n) is 12.2. The number of nitrogens with zero attached hydrogens (tertiary/aromatic N) is 1. The van der Waals surface area contributed by atoms with Crippen molar-refractivity contribution in [3.8, 4) is 0 Å². The van der Waals surface area contributed by atoms with Gasteiger partial charge in [-0.3, -0.25) is 0 Å². The van der Waals surface area contributed by atoms with Crippen molar-refractivity contribution in [2.24, 2.45) is 5.92 Å². The Labute approximate surface area is 135 Å². The number of hydrogen-bond acceptors (Lipinski definition) is 2. The number of piperidine rings is 1. The van der Waals surface area contributed by atoms with Gasteiger partial charge >= 0.3 is 6.03 Å². The van der Waals surface area contributed by atoms with Crippen LogP contribution in [0.1, 0.15) is 26.7 Å². The molecule has 21 heavy (non-hydrogen) atoms. The first-order valence-electron chi connectivity index (χ1n) is 7.04. The molecule has 2 N–H and O–H groups in total. The molecular weight excluding hydrogens is 311 g/mol. The number of aliphatic hydroxyl groups is 1. The third kappa shape index (κ3) is 4.02. The van der Waals surface area contributed by atoms with Crippen LogP contribution < -0.4 is 5.32 Å². The largest absolute Gasteiger partial charge is 0.389 e. The number of halogens is 2. The van der Waals surface area contributed by atoms with Gasteiger partial charge < -0.3 is 15.3 Å². The molecule has 0 radical (unpaired) electrons. The average molecular weight is 331 g/mol. The van der Waals surface area contributed by atoms with Crippen molar-refractivity contribution in [3.05, 3.63) is 28.2 Å². The van der Waals surface area contributed by atoms with E-state index in [1.807, 2.05) is 13.8 Å². The van der Waals surface area contributed by atoms with Crippen LogP contribution in [0, 0.1) is 5.92 Å². The molecule has 6 heteroatoms. The fraction of sp³-hybridized carbons (Fsp3) is 0.533. The van der Waals surface area contributed by atoms with Gasteiger partial charge in [-0.1, -0.05) is 37.0 Å². The molecule has 0 bridgehead atoms. The van der Waals surface area contributed by atoms with E-state index >= 15 is 0 Å². The van der Waals surface area contributed by atoms with Crippen LogP contribution in [0.2, 0.25) is 10.0 Å². The van der Waals surface area contributed by atoms with E-state index < -0.39 is 5.60 Å². The average Bonchev–Trinajstić information content (AvgIpc) is 2.37. The molecule has 0 aliphatic carbocycles. The smallest absolute Gasteiger partial charge is 0.321 e. The summed E-state index contributed by atoms with van der Waals surface area (Å²) in [6.45, 7) is 5.08. The first-order valence-corrected chi connectivity index (χ1v) is 7.80. The summed E-state index contributed by atoms with van der Waals surface area (Å²) in [6, 6.07) is 4.72. The maximum Gasteiger partial charge on any atom is 0.321 e. The van der Waals surface area contributed by atoms with E-state index in [4.69, 9.17) is 23.2 Å². The molecule has 0 unspecified atom stereocenters. The predicted octanol–water partition coefficient (Wildman–Crippen LogP) is 4.01. The Bertz CT molecular complexity index is 506. The lowest BCUT2D eigenvalue weighted by Crippen LogP contribution is -2.50. The highest BCUT2D eigenvalue weighted by Crippen LogP contribution is 2.30. The van der Waals surface area contributed by atoms with Gasteiger partial charge in [0.05, 0.1) is 5.60 Å². The number of benzene rings is 1. The van der Waals surface area contributed by atoms with Gasteiger partial charge in [0.15, 0.2) is 0 Å². The zero-order valence-corrected chi connectivity index (χ0v) is 13.7. The molecule has 116 valence electrons. The first-order chi connectivity index (χ1) is 9.80. The maximum absolute atomic E-state index is 12.2. The minimum absolute atomic E-state index is 0.189. The fourth-order valence-electron chi connectivity index (χ4n) is 2.50. The van der Waals surface area contributed by atoms with Gasteiger partial charge in [-0.15, -0.1) is 0 Å². The molecule has 1 aromatic carbocycles. The number of urea groups is 1. The van der Waals surface area contributed by atoms with Crippen LogP contribution in [0.25, 0.3) is 0 Å². The van der Waals surface area contributed by atoms with Gasteiger partial charge in [0.2, 0.25) is 0 Å². The molecule has 2 amide bonds. The minimum atomic E-state index is -0.670. The molecule has 1 aromatic rings. The second kappa shape index (κ2) is 6.42. The van der Waals surface area contributed by atoms with Crippen molar-refractivity contribution < 1.29 is 9.90 Å². The molecule has 2 rings (SSSR count). The van der Waals surface area contributed by atoms with Crippen molar-refractivity contribution in [2.75, 3.05) is 18.4 Å². The lowest BCUT2D eigenvalue weighted by molar-refractivity contribution is -0.0481. The summed E-state index contributed by atoms with van der Waals surface area (Å²) in [5.74, 6) is 0.189. The SMILES string of the molecule is CC(C)C1(O)CCN(C(=O)Nc2cc(Cl)cc(Cl)c2)CC1. The van der Waals surface area contributed by atoms with Crippen molar-refractivity contribution in [2.45, 2.75) is 32.3 Å². The Morgan fingerprint density at radius 3 is 2.24 bits per heavy atom. The Balaban J connectivity index is 1.96. The van der Waals surface area contributed by atoms with E-state index in [2.05, 4.69) is 5.32 Å². The van der Waals surface area contributed by atoms with E-state index in [0.29, 0.717) is 41.7 Å².